The van der Waals surface area contributed by atoms with Crippen molar-refractivity contribution in [3.05, 3.63) is 12.7 Å². The van der Waals surface area contributed by atoms with Gasteiger partial charge in [-0.2, -0.15) is 0 Å². The van der Waals surface area contributed by atoms with E-state index in [2.05, 4.69) is 33.4 Å². The summed E-state index contributed by atoms with van der Waals surface area (Å²) in [6, 6.07) is 0. The van der Waals surface area contributed by atoms with Crippen molar-refractivity contribution in [3.8, 4) is 0 Å². The number of nitrogens with zero attached hydrogens (tertiary/aromatic N) is 1. The molecule has 1 atom stereocenters. The van der Waals surface area contributed by atoms with Gasteiger partial charge in [-0.15, -0.1) is 0 Å². The van der Waals surface area contributed by atoms with Crippen LogP contribution in [-0.4, -0.2) is 30.7 Å². The van der Waals surface area contributed by atoms with E-state index >= 15 is 0 Å². The van der Waals surface area contributed by atoms with E-state index < -0.39 is 0 Å². The maximum Gasteiger partial charge on any atom is 0.0971 e. The molecule has 0 fully saturated rings. The lowest BCUT2D eigenvalue weighted by molar-refractivity contribution is -0.921. The molecule has 0 radical (unpaired) electrons. The standard InChI is InChI=1S/C17H36N/c1-5-9-11-12-13-14-17-18(8-4,15-7-3)16-10-6-2/h7H,3,5-6,8-17H2,1-2,4H3/q+1. The molecule has 0 aromatic carbocycles. The van der Waals surface area contributed by atoms with E-state index in [-0.39, 0.29) is 0 Å². The maximum atomic E-state index is 3.95. The molecule has 0 amide bonds. The maximum absolute atomic E-state index is 3.95. The van der Waals surface area contributed by atoms with Crippen LogP contribution < -0.4 is 0 Å². The van der Waals surface area contributed by atoms with E-state index in [1.165, 1.54) is 75.5 Å². The van der Waals surface area contributed by atoms with Crippen molar-refractivity contribution in [3.63, 3.8) is 0 Å². The minimum absolute atomic E-state index is 1.16. The molecular weight excluding hydrogens is 218 g/mol. The number of rotatable bonds is 13. The van der Waals surface area contributed by atoms with E-state index in [0.717, 1.165) is 6.54 Å². The Morgan fingerprint density at radius 1 is 0.778 bits per heavy atom. The van der Waals surface area contributed by atoms with E-state index in [1.54, 1.807) is 0 Å². The van der Waals surface area contributed by atoms with Gasteiger partial charge in [0.1, 0.15) is 0 Å². The molecule has 0 bridgehead atoms. The van der Waals surface area contributed by atoms with Crippen molar-refractivity contribution in [2.75, 3.05) is 26.2 Å². The zero-order valence-electron chi connectivity index (χ0n) is 13.2. The summed E-state index contributed by atoms with van der Waals surface area (Å²) in [7, 11) is 0. The minimum atomic E-state index is 1.16. The van der Waals surface area contributed by atoms with Crippen LogP contribution in [0.15, 0.2) is 12.7 Å². The lowest BCUT2D eigenvalue weighted by atomic mass is 10.1. The normalized spacial score (nSPS) is 14.4. The lowest BCUT2D eigenvalue weighted by Gasteiger charge is -2.37. The molecule has 0 spiro atoms. The van der Waals surface area contributed by atoms with Crippen LogP contribution in [0.4, 0.5) is 0 Å². The molecular formula is C17H36N+. The fraction of sp³-hybridized carbons (Fsp3) is 0.882. The Balaban J connectivity index is 3.94. The minimum Gasteiger partial charge on any atom is -0.321 e. The van der Waals surface area contributed by atoms with E-state index in [1.807, 2.05) is 0 Å². The Morgan fingerprint density at radius 3 is 1.89 bits per heavy atom. The van der Waals surface area contributed by atoms with Crippen LogP contribution in [0.25, 0.3) is 0 Å². The first kappa shape index (κ1) is 17.7. The number of hydrogen-bond acceptors (Lipinski definition) is 0. The van der Waals surface area contributed by atoms with Crippen LogP contribution in [0.3, 0.4) is 0 Å². The first-order valence-corrected chi connectivity index (χ1v) is 8.20. The van der Waals surface area contributed by atoms with Gasteiger partial charge in [0.25, 0.3) is 0 Å². The summed E-state index contributed by atoms with van der Waals surface area (Å²) in [6.45, 7) is 16.0. The van der Waals surface area contributed by atoms with Gasteiger partial charge in [-0.3, -0.25) is 0 Å². The Hall–Kier alpha value is -0.300. The largest absolute Gasteiger partial charge is 0.321 e. The number of likely N-dealkylation sites (N-methyl/N-ethyl adjacent to an activating group) is 1. The fourth-order valence-electron chi connectivity index (χ4n) is 2.73. The number of unbranched alkanes of at least 4 members (excludes halogenated alkanes) is 6. The van der Waals surface area contributed by atoms with Crippen LogP contribution in [0.1, 0.15) is 72.1 Å². The highest BCUT2D eigenvalue weighted by Crippen LogP contribution is 2.14. The summed E-state index contributed by atoms with van der Waals surface area (Å²) < 4.78 is 1.27. The summed E-state index contributed by atoms with van der Waals surface area (Å²) in [6.07, 6.45) is 13.2. The Kier molecular flexibility index (Phi) is 11.6. The third-order valence-electron chi connectivity index (χ3n) is 4.16. The molecule has 0 aliphatic rings. The van der Waals surface area contributed by atoms with Crippen LogP contribution in [0.5, 0.6) is 0 Å². The third kappa shape index (κ3) is 7.92. The van der Waals surface area contributed by atoms with Gasteiger partial charge in [-0.25, -0.2) is 0 Å². The Bertz CT molecular complexity index is 188. The predicted molar refractivity (Wildman–Crippen MR) is 83.9 cm³/mol. The van der Waals surface area contributed by atoms with Crippen molar-refractivity contribution in [1.82, 2.24) is 0 Å². The van der Waals surface area contributed by atoms with E-state index in [9.17, 15) is 0 Å². The van der Waals surface area contributed by atoms with Gasteiger partial charge in [0, 0.05) is 0 Å². The molecule has 1 heteroatoms. The first-order valence-electron chi connectivity index (χ1n) is 8.20. The highest BCUT2D eigenvalue weighted by molar-refractivity contribution is 4.66. The quantitative estimate of drug-likeness (QED) is 0.242. The molecule has 1 unspecified atom stereocenters. The zero-order valence-corrected chi connectivity index (χ0v) is 13.2. The van der Waals surface area contributed by atoms with Crippen molar-refractivity contribution in [1.29, 1.82) is 0 Å². The van der Waals surface area contributed by atoms with E-state index in [0.29, 0.717) is 0 Å². The third-order valence-corrected chi connectivity index (χ3v) is 4.16. The molecule has 0 aromatic heterocycles. The average Bonchev–Trinajstić information content (AvgIpc) is 2.40. The molecule has 0 aromatic rings. The molecule has 108 valence electrons. The zero-order chi connectivity index (χ0) is 13.7. The summed E-state index contributed by atoms with van der Waals surface area (Å²) >= 11 is 0. The topological polar surface area (TPSA) is 0 Å². The summed E-state index contributed by atoms with van der Waals surface area (Å²) in [5.41, 5.74) is 0. The Morgan fingerprint density at radius 2 is 1.33 bits per heavy atom. The van der Waals surface area contributed by atoms with Crippen molar-refractivity contribution in [2.24, 2.45) is 0 Å². The summed E-state index contributed by atoms with van der Waals surface area (Å²) in [5.74, 6) is 0. The lowest BCUT2D eigenvalue weighted by Crippen LogP contribution is -2.49. The number of quaternary nitrogens is 1. The highest BCUT2D eigenvalue weighted by Gasteiger charge is 2.22. The Labute approximate surface area is 116 Å². The molecule has 0 heterocycles. The van der Waals surface area contributed by atoms with Gasteiger partial charge in [0.05, 0.1) is 26.2 Å². The van der Waals surface area contributed by atoms with Gasteiger partial charge in [-0.05, 0) is 32.3 Å². The van der Waals surface area contributed by atoms with Crippen LogP contribution >= 0.6 is 0 Å². The van der Waals surface area contributed by atoms with Crippen LogP contribution in [-0.2, 0) is 0 Å². The summed E-state index contributed by atoms with van der Waals surface area (Å²) in [5, 5.41) is 0. The smallest absolute Gasteiger partial charge is 0.0971 e. The first-order chi connectivity index (χ1) is 8.74. The van der Waals surface area contributed by atoms with Crippen molar-refractivity contribution < 1.29 is 4.48 Å². The molecule has 18 heavy (non-hydrogen) atoms. The SMILES string of the molecule is C=CC[N+](CC)(CCCC)CCCCCCCC. The average molecular weight is 254 g/mol. The fourth-order valence-corrected chi connectivity index (χ4v) is 2.73. The number of hydrogen-bond donors (Lipinski definition) is 0. The molecule has 0 saturated heterocycles. The van der Waals surface area contributed by atoms with Crippen LogP contribution in [0, 0.1) is 0 Å². The van der Waals surface area contributed by atoms with E-state index in [4.69, 9.17) is 0 Å². The van der Waals surface area contributed by atoms with Gasteiger partial charge in [0.2, 0.25) is 0 Å². The second kappa shape index (κ2) is 11.8. The van der Waals surface area contributed by atoms with Crippen LogP contribution in [0.2, 0.25) is 0 Å². The van der Waals surface area contributed by atoms with Crippen molar-refractivity contribution in [2.45, 2.75) is 72.1 Å². The highest BCUT2D eigenvalue weighted by atomic mass is 15.3. The van der Waals surface area contributed by atoms with Gasteiger partial charge < -0.3 is 4.48 Å². The van der Waals surface area contributed by atoms with Gasteiger partial charge in [0.15, 0.2) is 0 Å². The second-order valence-electron chi connectivity index (χ2n) is 5.70. The second-order valence-corrected chi connectivity index (χ2v) is 5.70. The summed E-state index contributed by atoms with van der Waals surface area (Å²) in [4.78, 5) is 0. The monoisotopic (exact) mass is 254 g/mol. The molecule has 0 rings (SSSR count). The van der Waals surface area contributed by atoms with Gasteiger partial charge >= 0.3 is 0 Å². The molecule has 0 saturated carbocycles. The molecule has 0 aliphatic carbocycles. The molecule has 0 N–H and O–H groups in total. The van der Waals surface area contributed by atoms with Gasteiger partial charge in [-0.1, -0.05) is 52.5 Å². The molecule has 0 aliphatic heterocycles. The molecule has 1 nitrogen and oxygen atoms in total. The van der Waals surface area contributed by atoms with Crippen molar-refractivity contribution >= 4 is 0 Å². The predicted octanol–water partition coefficient (Wildman–Crippen LogP) is 5.17.